The lowest BCUT2D eigenvalue weighted by Crippen LogP contribution is -2.45. The van der Waals surface area contributed by atoms with Crippen LogP contribution in [0.3, 0.4) is 0 Å². The van der Waals surface area contributed by atoms with E-state index in [9.17, 15) is 19.8 Å². The summed E-state index contributed by atoms with van der Waals surface area (Å²) in [5.74, 6) is -0.0201. The van der Waals surface area contributed by atoms with Crippen molar-refractivity contribution in [3.8, 4) is 0 Å². The Morgan fingerprint density at radius 1 is 0.359 bits per heavy atom. The maximum absolute atomic E-state index is 12.5. The van der Waals surface area contributed by atoms with Gasteiger partial charge in [-0.2, -0.15) is 0 Å². The van der Waals surface area contributed by atoms with E-state index in [1.165, 1.54) is 315 Å². The summed E-state index contributed by atoms with van der Waals surface area (Å²) in [6.07, 6.45) is 85.3. The first-order valence-corrected chi connectivity index (χ1v) is 35.6. The molecule has 0 aliphatic rings. The number of amides is 1. The number of unbranched alkanes of at least 4 members (excludes halogenated alkanes) is 52. The molecule has 0 saturated heterocycles. The van der Waals surface area contributed by atoms with Crippen molar-refractivity contribution in [2.24, 2.45) is 0 Å². The molecular weight excluding hydrogens is 959 g/mol. The second kappa shape index (κ2) is 67.8. The zero-order valence-electron chi connectivity index (χ0n) is 52.9. The van der Waals surface area contributed by atoms with E-state index in [0.717, 1.165) is 51.4 Å². The van der Waals surface area contributed by atoms with Gasteiger partial charge < -0.3 is 20.3 Å². The van der Waals surface area contributed by atoms with Crippen LogP contribution in [0.25, 0.3) is 0 Å². The van der Waals surface area contributed by atoms with E-state index >= 15 is 0 Å². The van der Waals surface area contributed by atoms with E-state index < -0.39 is 12.1 Å². The van der Waals surface area contributed by atoms with Crippen LogP contribution >= 0.6 is 0 Å². The minimum absolute atomic E-state index is 0.00751. The first-order valence-electron chi connectivity index (χ1n) is 35.6. The van der Waals surface area contributed by atoms with Crippen molar-refractivity contribution in [3.05, 3.63) is 24.3 Å². The molecule has 0 aromatic rings. The molecular formula is C72H139NO5. The Kier molecular flexibility index (Phi) is 66.4. The molecule has 0 aliphatic heterocycles. The number of aliphatic hydroxyl groups is 2. The van der Waals surface area contributed by atoms with Gasteiger partial charge >= 0.3 is 5.97 Å². The average Bonchev–Trinajstić information content (AvgIpc) is 3.44. The third-order valence-electron chi connectivity index (χ3n) is 16.8. The molecule has 0 aromatic heterocycles. The fourth-order valence-corrected chi connectivity index (χ4v) is 11.3. The Morgan fingerprint density at radius 3 is 1.01 bits per heavy atom. The number of hydrogen-bond acceptors (Lipinski definition) is 5. The molecule has 78 heavy (non-hydrogen) atoms. The van der Waals surface area contributed by atoms with Gasteiger partial charge in [-0.3, -0.25) is 9.59 Å². The van der Waals surface area contributed by atoms with E-state index in [4.69, 9.17) is 4.74 Å². The number of nitrogens with one attached hydrogen (secondary N) is 1. The van der Waals surface area contributed by atoms with Crippen LogP contribution in [0.5, 0.6) is 0 Å². The molecule has 0 spiro atoms. The third kappa shape index (κ3) is 63.5. The molecule has 0 fully saturated rings. The van der Waals surface area contributed by atoms with Gasteiger partial charge in [0.05, 0.1) is 25.4 Å². The first kappa shape index (κ1) is 76.3. The molecule has 6 heteroatoms. The molecule has 0 aromatic carbocycles. The van der Waals surface area contributed by atoms with Crippen molar-refractivity contribution in [1.82, 2.24) is 5.32 Å². The number of carbonyl (C=O) groups is 2. The molecule has 0 saturated carbocycles. The lowest BCUT2D eigenvalue weighted by atomic mass is 10.0. The zero-order valence-corrected chi connectivity index (χ0v) is 52.9. The van der Waals surface area contributed by atoms with Gasteiger partial charge in [-0.25, -0.2) is 0 Å². The molecule has 0 heterocycles. The van der Waals surface area contributed by atoms with E-state index in [2.05, 4.69) is 43.5 Å². The minimum Gasteiger partial charge on any atom is -0.466 e. The molecule has 2 unspecified atom stereocenters. The van der Waals surface area contributed by atoms with Crippen molar-refractivity contribution < 1.29 is 24.5 Å². The lowest BCUT2D eigenvalue weighted by Gasteiger charge is -2.22. The third-order valence-corrected chi connectivity index (χ3v) is 16.8. The number of esters is 1. The normalized spacial score (nSPS) is 12.6. The molecule has 2 atom stereocenters. The Bertz CT molecular complexity index is 1220. The van der Waals surface area contributed by atoms with Gasteiger partial charge in [0.15, 0.2) is 0 Å². The van der Waals surface area contributed by atoms with Crippen LogP contribution in [0.15, 0.2) is 24.3 Å². The molecule has 462 valence electrons. The fraction of sp³-hybridized carbons (Fsp3) is 0.917. The highest BCUT2D eigenvalue weighted by Crippen LogP contribution is 2.19. The lowest BCUT2D eigenvalue weighted by molar-refractivity contribution is -0.143. The van der Waals surface area contributed by atoms with Gasteiger partial charge in [-0.1, -0.05) is 359 Å². The van der Waals surface area contributed by atoms with Gasteiger partial charge in [0.1, 0.15) is 0 Å². The predicted octanol–water partition coefficient (Wildman–Crippen LogP) is 22.9. The van der Waals surface area contributed by atoms with E-state index in [1.54, 1.807) is 0 Å². The van der Waals surface area contributed by atoms with Gasteiger partial charge in [-0.05, 0) is 51.4 Å². The van der Waals surface area contributed by atoms with Crippen molar-refractivity contribution in [3.63, 3.8) is 0 Å². The summed E-state index contributed by atoms with van der Waals surface area (Å²) in [6.45, 7) is 4.94. The van der Waals surface area contributed by atoms with Gasteiger partial charge in [0, 0.05) is 12.8 Å². The number of carbonyl (C=O) groups excluding carboxylic acids is 2. The van der Waals surface area contributed by atoms with Crippen molar-refractivity contribution in [2.45, 2.75) is 411 Å². The van der Waals surface area contributed by atoms with Crippen LogP contribution in [0.4, 0.5) is 0 Å². The maximum Gasteiger partial charge on any atom is 0.305 e. The monoisotopic (exact) mass is 1100 g/mol. The molecule has 0 radical (unpaired) electrons. The highest BCUT2D eigenvalue weighted by atomic mass is 16.5. The van der Waals surface area contributed by atoms with E-state index in [1.807, 2.05) is 0 Å². The molecule has 0 bridgehead atoms. The Labute approximate surface area is 488 Å². The summed E-state index contributed by atoms with van der Waals surface area (Å²) in [7, 11) is 0. The summed E-state index contributed by atoms with van der Waals surface area (Å²) in [4.78, 5) is 24.6. The molecule has 0 rings (SSSR count). The number of allylic oxidation sites excluding steroid dienone is 4. The van der Waals surface area contributed by atoms with Gasteiger partial charge in [-0.15, -0.1) is 0 Å². The summed E-state index contributed by atoms with van der Waals surface area (Å²) < 4.78 is 5.48. The summed E-state index contributed by atoms with van der Waals surface area (Å²) in [5.41, 5.74) is 0. The van der Waals surface area contributed by atoms with E-state index in [0.29, 0.717) is 25.9 Å². The Morgan fingerprint density at radius 2 is 0.654 bits per heavy atom. The molecule has 0 aliphatic carbocycles. The summed E-state index contributed by atoms with van der Waals surface area (Å²) >= 11 is 0. The van der Waals surface area contributed by atoms with Crippen LogP contribution in [0.2, 0.25) is 0 Å². The molecule has 3 N–H and O–H groups in total. The number of aliphatic hydroxyl groups excluding tert-OH is 2. The molecule has 6 nitrogen and oxygen atoms in total. The molecule has 1 amide bonds. The van der Waals surface area contributed by atoms with Crippen LogP contribution in [0.1, 0.15) is 399 Å². The number of rotatable bonds is 67. The second-order valence-corrected chi connectivity index (χ2v) is 24.6. The highest BCUT2D eigenvalue weighted by Gasteiger charge is 2.20. The average molecular weight is 1100 g/mol. The van der Waals surface area contributed by atoms with Crippen molar-refractivity contribution >= 4 is 11.9 Å². The maximum atomic E-state index is 12.5. The van der Waals surface area contributed by atoms with Crippen LogP contribution in [0, 0.1) is 0 Å². The Balaban J connectivity index is 3.31. The van der Waals surface area contributed by atoms with Crippen LogP contribution < -0.4 is 5.32 Å². The van der Waals surface area contributed by atoms with Gasteiger partial charge in [0.2, 0.25) is 5.91 Å². The SMILES string of the molecule is CCCC/C=C\C/C=C\CCCCCCCC(=O)OCCCCCCCCCCCCCCCCCCCCCCCCCCCCCCCCCCCC(=O)NC(CO)C(O)CCCCCCCCCCCCCCCC. The quantitative estimate of drug-likeness (QED) is 0.0320. The number of ether oxygens (including phenoxy) is 1. The van der Waals surface area contributed by atoms with Crippen molar-refractivity contribution in [1.29, 1.82) is 0 Å². The summed E-state index contributed by atoms with van der Waals surface area (Å²) in [5, 5.41) is 23.3. The minimum atomic E-state index is -0.660. The first-order chi connectivity index (χ1) is 38.5. The summed E-state index contributed by atoms with van der Waals surface area (Å²) in [6, 6.07) is -0.537. The van der Waals surface area contributed by atoms with Crippen molar-refractivity contribution in [2.75, 3.05) is 13.2 Å². The fourth-order valence-electron chi connectivity index (χ4n) is 11.3. The van der Waals surface area contributed by atoms with E-state index in [-0.39, 0.29) is 18.5 Å². The highest BCUT2D eigenvalue weighted by molar-refractivity contribution is 5.76. The zero-order chi connectivity index (χ0) is 56.4. The predicted molar refractivity (Wildman–Crippen MR) is 343 cm³/mol. The second-order valence-electron chi connectivity index (χ2n) is 24.6. The standard InChI is InChI=1S/C72H139NO5/c1-3-5-7-9-11-13-15-17-40-44-48-52-56-60-64-70(75)69(68-74)73-71(76)65-61-57-53-49-45-41-38-36-34-32-30-28-26-24-22-20-19-21-23-25-27-29-31-33-35-37-39-43-47-51-55-59-63-67-78-72(77)66-62-58-54-50-46-42-18-16-14-12-10-8-6-4-2/h10,12,16,18,69-70,74-75H,3-9,11,13-15,17,19-68H2,1-2H3,(H,73,76)/b12-10-,18-16-. The smallest absolute Gasteiger partial charge is 0.305 e. The Hall–Kier alpha value is -1.66. The van der Waals surface area contributed by atoms with Crippen LogP contribution in [-0.4, -0.2) is 47.4 Å². The van der Waals surface area contributed by atoms with Crippen LogP contribution in [-0.2, 0) is 14.3 Å². The van der Waals surface area contributed by atoms with Gasteiger partial charge in [0.25, 0.3) is 0 Å². The number of hydrogen-bond donors (Lipinski definition) is 3. The topological polar surface area (TPSA) is 95.9 Å². The largest absolute Gasteiger partial charge is 0.466 e.